The highest BCUT2D eigenvalue weighted by Crippen LogP contribution is 2.33. The van der Waals surface area contributed by atoms with Gasteiger partial charge in [0.25, 0.3) is 5.69 Å². The van der Waals surface area contributed by atoms with E-state index in [9.17, 15) is 10.1 Å². The van der Waals surface area contributed by atoms with E-state index >= 15 is 0 Å². The smallest absolute Gasteiger partial charge is 0.269 e. The van der Waals surface area contributed by atoms with Crippen molar-refractivity contribution in [2.24, 2.45) is 5.10 Å². The van der Waals surface area contributed by atoms with Crippen molar-refractivity contribution in [3.63, 3.8) is 0 Å². The van der Waals surface area contributed by atoms with Crippen LogP contribution in [0.4, 0.5) is 34.9 Å². The highest BCUT2D eigenvalue weighted by Gasteiger charge is 2.21. The highest BCUT2D eigenvalue weighted by molar-refractivity contribution is 5.80. The molecule has 0 unspecified atom stereocenters. The Hall–Kier alpha value is -4.86. The van der Waals surface area contributed by atoms with Gasteiger partial charge in [-0.1, -0.05) is 36.4 Å². The third-order valence-corrected chi connectivity index (χ3v) is 5.96. The molecule has 37 heavy (non-hydrogen) atoms. The Labute approximate surface area is 214 Å². The summed E-state index contributed by atoms with van der Waals surface area (Å²) in [7, 11) is 0. The molecule has 2 heterocycles. The predicted octanol–water partition coefficient (Wildman–Crippen LogP) is 5.69. The second-order valence-corrected chi connectivity index (χ2v) is 8.53. The van der Waals surface area contributed by atoms with Crippen molar-refractivity contribution in [2.45, 2.75) is 19.3 Å². The third-order valence-electron chi connectivity index (χ3n) is 5.96. The fraction of sp³-hybridized carbons (Fsp3) is 0.185. The predicted molar refractivity (Wildman–Crippen MR) is 145 cm³/mol. The van der Waals surface area contributed by atoms with E-state index in [-0.39, 0.29) is 5.69 Å². The zero-order valence-electron chi connectivity index (χ0n) is 20.1. The van der Waals surface area contributed by atoms with Gasteiger partial charge in [-0.05, 0) is 61.2 Å². The average molecular weight is 495 g/mol. The van der Waals surface area contributed by atoms with E-state index in [0.717, 1.165) is 37.3 Å². The Morgan fingerprint density at radius 2 is 1.46 bits per heavy atom. The number of nitro benzene ring substituents is 1. The summed E-state index contributed by atoms with van der Waals surface area (Å²) >= 11 is 0. The van der Waals surface area contributed by atoms with Gasteiger partial charge in [0.15, 0.2) is 0 Å². The summed E-state index contributed by atoms with van der Waals surface area (Å²) in [4.78, 5) is 28.9. The van der Waals surface area contributed by atoms with E-state index in [4.69, 9.17) is 9.97 Å². The van der Waals surface area contributed by atoms with E-state index < -0.39 is 4.92 Å². The number of hydrazone groups is 1. The summed E-state index contributed by atoms with van der Waals surface area (Å²) in [5.41, 5.74) is 5.51. The Morgan fingerprint density at radius 1 is 0.838 bits per heavy atom. The molecule has 1 N–H and O–H groups in total. The Balaban J connectivity index is 1.50. The van der Waals surface area contributed by atoms with Gasteiger partial charge in [-0.25, -0.2) is 5.43 Å². The molecule has 3 aromatic carbocycles. The molecule has 1 aliphatic rings. The lowest BCUT2D eigenvalue weighted by atomic mass is 10.1. The number of piperidine rings is 1. The summed E-state index contributed by atoms with van der Waals surface area (Å²) in [6.07, 6.45) is 4.94. The van der Waals surface area contributed by atoms with Gasteiger partial charge in [-0.15, -0.1) is 0 Å². The Kier molecular flexibility index (Phi) is 7.26. The Morgan fingerprint density at radius 3 is 2.05 bits per heavy atom. The summed E-state index contributed by atoms with van der Waals surface area (Å²) in [5.74, 6) is 1.37. The molecule has 0 radical (unpaired) electrons. The first-order chi connectivity index (χ1) is 18.2. The number of non-ortho nitro benzene ring substituents is 1. The van der Waals surface area contributed by atoms with Crippen LogP contribution in [0.3, 0.4) is 0 Å². The number of nitrogens with one attached hydrogen (secondary N) is 1. The summed E-state index contributed by atoms with van der Waals surface area (Å²) < 4.78 is 0. The Bertz CT molecular complexity index is 1320. The number of rotatable bonds is 8. The first-order valence-corrected chi connectivity index (χ1v) is 12.1. The number of hydrogen-bond acceptors (Lipinski definition) is 9. The van der Waals surface area contributed by atoms with Crippen molar-refractivity contribution in [1.82, 2.24) is 15.0 Å². The van der Waals surface area contributed by atoms with Gasteiger partial charge in [-0.3, -0.25) is 15.0 Å². The van der Waals surface area contributed by atoms with Crippen LogP contribution in [0.5, 0.6) is 0 Å². The van der Waals surface area contributed by atoms with Crippen LogP contribution in [0, 0.1) is 10.1 Å². The van der Waals surface area contributed by atoms with Gasteiger partial charge in [0.1, 0.15) is 0 Å². The number of hydrogen-bond donors (Lipinski definition) is 1. The summed E-state index contributed by atoms with van der Waals surface area (Å²) in [6.45, 7) is 1.76. The zero-order chi connectivity index (χ0) is 25.5. The molecule has 186 valence electrons. The van der Waals surface area contributed by atoms with Crippen LogP contribution in [0.1, 0.15) is 24.8 Å². The quantitative estimate of drug-likeness (QED) is 0.189. The van der Waals surface area contributed by atoms with Crippen LogP contribution >= 0.6 is 0 Å². The molecule has 4 aromatic rings. The van der Waals surface area contributed by atoms with Gasteiger partial charge >= 0.3 is 0 Å². The maximum absolute atomic E-state index is 10.9. The van der Waals surface area contributed by atoms with E-state index in [1.807, 2.05) is 65.6 Å². The normalized spacial score (nSPS) is 13.5. The van der Waals surface area contributed by atoms with Crippen LogP contribution in [0.25, 0.3) is 0 Å². The molecule has 5 rings (SSSR count). The summed E-state index contributed by atoms with van der Waals surface area (Å²) in [5, 5.41) is 15.2. The molecule has 0 bridgehead atoms. The minimum Gasteiger partial charge on any atom is -0.341 e. The van der Waals surface area contributed by atoms with Crippen molar-refractivity contribution < 1.29 is 4.92 Å². The lowest BCUT2D eigenvalue weighted by Crippen LogP contribution is -2.31. The van der Waals surface area contributed by atoms with Crippen molar-refractivity contribution >= 4 is 41.1 Å². The number of para-hydroxylation sites is 2. The van der Waals surface area contributed by atoms with Gasteiger partial charge in [0.2, 0.25) is 17.8 Å². The summed E-state index contributed by atoms with van der Waals surface area (Å²) in [6, 6.07) is 26.0. The van der Waals surface area contributed by atoms with E-state index in [0.29, 0.717) is 23.4 Å². The molecule has 0 spiro atoms. The second kappa shape index (κ2) is 11.3. The zero-order valence-corrected chi connectivity index (χ0v) is 20.1. The number of aromatic nitrogens is 3. The van der Waals surface area contributed by atoms with Gasteiger partial charge < -0.3 is 4.90 Å². The number of nitro groups is 1. The fourth-order valence-corrected chi connectivity index (χ4v) is 4.12. The van der Waals surface area contributed by atoms with Crippen molar-refractivity contribution in [3.8, 4) is 0 Å². The minimum absolute atomic E-state index is 0.0281. The molecular weight excluding hydrogens is 468 g/mol. The molecule has 0 saturated carbocycles. The van der Waals surface area contributed by atoms with Crippen LogP contribution in [0.15, 0.2) is 90.0 Å². The lowest BCUT2D eigenvalue weighted by Gasteiger charge is -2.28. The molecule has 1 saturated heterocycles. The molecule has 0 amide bonds. The number of anilines is 5. The van der Waals surface area contributed by atoms with Gasteiger partial charge in [-0.2, -0.15) is 20.1 Å². The average Bonchev–Trinajstić information content (AvgIpc) is 2.95. The highest BCUT2D eigenvalue weighted by atomic mass is 16.6. The molecule has 1 aromatic heterocycles. The van der Waals surface area contributed by atoms with Crippen molar-refractivity contribution in [3.05, 3.63) is 101 Å². The first-order valence-electron chi connectivity index (χ1n) is 12.1. The monoisotopic (exact) mass is 494 g/mol. The van der Waals surface area contributed by atoms with Crippen molar-refractivity contribution in [1.29, 1.82) is 0 Å². The third kappa shape index (κ3) is 5.87. The molecule has 10 nitrogen and oxygen atoms in total. The van der Waals surface area contributed by atoms with E-state index in [1.54, 1.807) is 18.3 Å². The maximum atomic E-state index is 10.9. The van der Waals surface area contributed by atoms with Crippen molar-refractivity contribution in [2.75, 3.05) is 28.3 Å². The van der Waals surface area contributed by atoms with Gasteiger partial charge in [0, 0.05) is 36.6 Å². The largest absolute Gasteiger partial charge is 0.341 e. The topological polar surface area (TPSA) is 113 Å². The fourth-order valence-electron chi connectivity index (χ4n) is 4.12. The molecule has 1 fully saturated rings. The molecule has 0 atom stereocenters. The molecule has 10 heteroatoms. The van der Waals surface area contributed by atoms with Crippen LogP contribution in [-0.2, 0) is 0 Å². The second-order valence-electron chi connectivity index (χ2n) is 8.53. The van der Waals surface area contributed by atoms with Crippen LogP contribution in [-0.4, -0.2) is 39.2 Å². The number of nitrogens with zero attached hydrogens (tertiary/aromatic N) is 7. The van der Waals surface area contributed by atoms with E-state index in [2.05, 4.69) is 20.4 Å². The minimum atomic E-state index is -0.432. The molecule has 1 aliphatic heterocycles. The molecule has 0 aliphatic carbocycles. The van der Waals surface area contributed by atoms with Gasteiger partial charge in [0.05, 0.1) is 11.1 Å². The standard InChI is InChI=1S/C27H26N8O2/c36-35(37)24-16-14-21(15-17-24)20-28-32-25-29-26(33-18-8-3-9-19-33)31-27(30-25)34(22-10-4-1-5-11-22)23-12-6-2-7-13-23/h1-2,4-7,10-17,20H,3,8-9,18-19H2,(H,29,30,31,32). The van der Waals surface area contributed by atoms with E-state index in [1.165, 1.54) is 18.6 Å². The SMILES string of the molecule is O=[N+]([O-])c1ccc(C=NNc2nc(N3CCCCC3)nc(N(c3ccccc3)c3ccccc3)n2)cc1. The number of benzene rings is 3. The maximum Gasteiger partial charge on any atom is 0.269 e. The van der Waals surface area contributed by atoms with Crippen LogP contribution < -0.4 is 15.2 Å². The first kappa shape index (κ1) is 23.9. The van der Waals surface area contributed by atoms with Crippen LogP contribution in [0.2, 0.25) is 0 Å². The molecular formula is C27H26N8O2. The lowest BCUT2D eigenvalue weighted by molar-refractivity contribution is -0.384.